The predicted molar refractivity (Wildman–Crippen MR) is 99.4 cm³/mol. The first-order valence-corrected chi connectivity index (χ1v) is 8.53. The molecule has 1 atom stereocenters. The number of thiophene rings is 1. The zero-order chi connectivity index (χ0) is 17.1. The molecular weight excluding hydrogens is 365 g/mol. The lowest BCUT2D eigenvalue weighted by molar-refractivity contribution is 0.0942. The molecule has 1 aliphatic heterocycles. The summed E-state index contributed by atoms with van der Waals surface area (Å²) in [6, 6.07) is 7.38. The van der Waals surface area contributed by atoms with E-state index in [0.29, 0.717) is 9.88 Å². The molecule has 0 saturated carbocycles. The maximum absolute atomic E-state index is 13.2. The van der Waals surface area contributed by atoms with Crippen LogP contribution in [-0.4, -0.2) is 30.9 Å². The first-order valence-electron chi connectivity index (χ1n) is 7.72. The fraction of sp³-hybridized carbons (Fsp3) is 0.294. The highest BCUT2D eigenvalue weighted by molar-refractivity contribution is 7.18. The number of carbonyl (C=O) groups is 2. The first kappa shape index (κ1) is 19.4. The molecule has 2 aromatic rings. The molecule has 3 N–H and O–H groups in total. The van der Waals surface area contributed by atoms with Gasteiger partial charge in [0.15, 0.2) is 0 Å². The molecule has 5 nitrogen and oxygen atoms in total. The van der Waals surface area contributed by atoms with E-state index in [-0.39, 0.29) is 29.9 Å². The third kappa shape index (κ3) is 4.78. The average molecular weight is 384 g/mol. The van der Waals surface area contributed by atoms with E-state index in [0.717, 1.165) is 25.1 Å². The molecule has 1 saturated heterocycles. The average Bonchev–Trinajstić information content (AvgIpc) is 3.17. The van der Waals surface area contributed by atoms with E-state index < -0.39 is 11.7 Å². The quantitative estimate of drug-likeness (QED) is 0.760. The van der Waals surface area contributed by atoms with Crippen molar-refractivity contribution in [3.05, 3.63) is 52.2 Å². The number of benzene rings is 1. The monoisotopic (exact) mass is 383 g/mol. The molecular formula is C17H19ClFN3O2S. The zero-order valence-electron chi connectivity index (χ0n) is 13.6. The fourth-order valence-electron chi connectivity index (χ4n) is 2.61. The van der Waals surface area contributed by atoms with Crippen molar-refractivity contribution in [2.75, 3.05) is 18.4 Å². The summed E-state index contributed by atoms with van der Waals surface area (Å²) in [5.74, 6) is -0.990. The van der Waals surface area contributed by atoms with Gasteiger partial charge in [0.2, 0.25) is 0 Å². The molecule has 1 fully saturated rings. The van der Waals surface area contributed by atoms with Crippen LogP contribution >= 0.6 is 23.7 Å². The SMILES string of the molecule is Cc1cc(NC(=O)c2cccc(F)c2)sc1C(=O)NC1CCNC1.Cl. The number of anilines is 1. The van der Waals surface area contributed by atoms with Crippen LogP contribution < -0.4 is 16.0 Å². The second-order valence-corrected chi connectivity index (χ2v) is 6.80. The Labute approximate surface area is 155 Å². The number of halogens is 2. The molecule has 0 spiro atoms. The van der Waals surface area contributed by atoms with Crippen LogP contribution in [0.4, 0.5) is 9.39 Å². The summed E-state index contributed by atoms with van der Waals surface area (Å²) in [4.78, 5) is 25.1. The van der Waals surface area contributed by atoms with Crippen molar-refractivity contribution in [1.82, 2.24) is 10.6 Å². The summed E-state index contributed by atoms with van der Waals surface area (Å²) in [5.41, 5.74) is 1.04. The molecule has 8 heteroatoms. The van der Waals surface area contributed by atoms with Crippen molar-refractivity contribution >= 4 is 40.6 Å². The first-order chi connectivity index (χ1) is 11.5. The number of hydrogen-bond donors (Lipinski definition) is 3. The fourth-order valence-corrected chi connectivity index (χ4v) is 3.58. The summed E-state index contributed by atoms with van der Waals surface area (Å²) in [5, 5.41) is 9.47. The second-order valence-electron chi connectivity index (χ2n) is 5.75. The molecule has 1 unspecified atom stereocenters. The Bertz CT molecular complexity index is 775. The molecule has 2 amide bonds. The Morgan fingerprint density at radius 3 is 2.76 bits per heavy atom. The second kappa shape index (κ2) is 8.42. The molecule has 1 aromatic heterocycles. The van der Waals surface area contributed by atoms with Crippen LogP contribution in [0.1, 0.15) is 32.0 Å². The molecule has 0 aliphatic carbocycles. The molecule has 134 valence electrons. The standard InChI is InChI=1S/C17H18FN3O2S.ClH/c1-10-7-14(21-16(22)11-3-2-4-12(18)8-11)24-15(10)17(23)20-13-5-6-19-9-13;/h2-4,7-8,13,19H,5-6,9H2,1H3,(H,20,23)(H,21,22);1H. The van der Waals surface area contributed by atoms with Gasteiger partial charge in [-0.1, -0.05) is 6.07 Å². The number of amides is 2. The van der Waals surface area contributed by atoms with Gasteiger partial charge in [0.05, 0.1) is 9.88 Å². The predicted octanol–water partition coefficient (Wildman–Crippen LogP) is 2.96. The summed E-state index contributed by atoms with van der Waals surface area (Å²) in [7, 11) is 0. The third-order valence-electron chi connectivity index (χ3n) is 3.84. The van der Waals surface area contributed by atoms with E-state index in [4.69, 9.17) is 0 Å². The van der Waals surface area contributed by atoms with Gasteiger partial charge in [0, 0.05) is 18.2 Å². The molecule has 1 aromatic carbocycles. The smallest absolute Gasteiger partial charge is 0.261 e. The highest BCUT2D eigenvalue weighted by Crippen LogP contribution is 2.27. The number of aryl methyl sites for hydroxylation is 1. The van der Waals surface area contributed by atoms with Crippen LogP contribution in [0.2, 0.25) is 0 Å². The number of hydrogen-bond acceptors (Lipinski definition) is 4. The normalized spacial score (nSPS) is 16.2. The van der Waals surface area contributed by atoms with Gasteiger partial charge >= 0.3 is 0 Å². The summed E-state index contributed by atoms with van der Waals surface area (Å²) < 4.78 is 13.2. The third-order valence-corrected chi connectivity index (χ3v) is 4.99. The lowest BCUT2D eigenvalue weighted by atomic mass is 10.2. The molecule has 25 heavy (non-hydrogen) atoms. The Hall–Kier alpha value is -1.96. The van der Waals surface area contributed by atoms with E-state index >= 15 is 0 Å². The molecule has 2 heterocycles. The van der Waals surface area contributed by atoms with Gasteiger partial charge in [-0.25, -0.2) is 4.39 Å². The van der Waals surface area contributed by atoms with Gasteiger partial charge in [-0.15, -0.1) is 23.7 Å². The Balaban J connectivity index is 0.00000225. The van der Waals surface area contributed by atoms with Crippen molar-refractivity contribution in [2.24, 2.45) is 0 Å². The van der Waals surface area contributed by atoms with Crippen molar-refractivity contribution in [3.63, 3.8) is 0 Å². The summed E-state index contributed by atoms with van der Waals surface area (Å²) in [6.07, 6.45) is 0.916. The summed E-state index contributed by atoms with van der Waals surface area (Å²) >= 11 is 1.22. The topological polar surface area (TPSA) is 70.2 Å². The lowest BCUT2D eigenvalue weighted by Crippen LogP contribution is -2.36. The maximum atomic E-state index is 13.2. The Morgan fingerprint density at radius 1 is 1.28 bits per heavy atom. The van der Waals surface area contributed by atoms with Gasteiger partial charge in [0.25, 0.3) is 11.8 Å². The van der Waals surface area contributed by atoms with Gasteiger partial charge in [-0.2, -0.15) is 0 Å². The molecule has 0 radical (unpaired) electrons. The van der Waals surface area contributed by atoms with Gasteiger partial charge in [-0.05, 0) is 49.7 Å². The maximum Gasteiger partial charge on any atom is 0.261 e. The van der Waals surface area contributed by atoms with Crippen molar-refractivity contribution in [1.29, 1.82) is 0 Å². The Morgan fingerprint density at radius 2 is 2.08 bits per heavy atom. The van der Waals surface area contributed by atoms with Gasteiger partial charge in [-0.3, -0.25) is 9.59 Å². The zero-order valence-corrected chi connectivity index (χ0v) is 15.2. The highest BCUT2D eigenvalue weighted by Gasteiger charge is 2.21. The minimum absolute atomic E-state index is 0. The van der Waals surface area contributed by atoms with E-state index in [1.165, 1.54) is 29.5 Å². The molecule has 0 bridgehead atoms. The summed E-state index contributed by atoms with van der Waals surface area (Å²) in [6.45, 7) is 3.51. The minimum Gasteiger partial charge on any atom is -0.347 e. The lowest BCUT2D eigenvalue weighted by Gasteiger charge is -2.10. The van der Waals surface area contributed by atoms with Crippen molar-refractivity contribution in [3.8, 4) is 0 Å². The van der Waals surface area contributed by atoms with Crippen molar-refractivity contribution in [2.45, 2.75) is 19.4 Å². The van der Waals surface area contributed by atoms with E-state index in [2.05, 4.69) is 16.0 Å². The molecule has 1 aliphatic rings. The largest absolute Gasteiger partial charge is 0.347 e. The van der Waals surface area contributed by atoms with E-state index in [1.54, 1.807) is 12.1 Å². The Kier molecular flexibility index (Phi) is 6.52. The number of carbonyl (C=O) groups excluding carboxylic acids is 2. The van der Waals surface area contributed by atoms with Gasteiger partial charge in [0.1, 0.15) is 5.82 Å². The van der Waals surface area contributed by atoms with Gasteiger partial charge < -0.3 is 16.0 Å². The van der Waals surface area contributed by atoms with Crippen molar-refractivity contribution < 1.29 is 14.0 Å². The van der Waals surface area contributed by atoms with E-state index in [9.17, 15) is 14.0 Å². The van der Waals surface area contributed by atoms with Crippen LogP contribution in [-0.2, 0) is 0 Å². The minimum atomic E-state index is -0.463. The number of rotatable bonds is 4. The highest BCUT2D eigenvalue weighted by atomic mass is 35.5. The number of nitrogens with one attached hydrogen (secondary N) is 3. The molecule has 3 rings (SSSR count). The van der Waals surface area contributed by atoms with E-state index in [1.807, 2.05) is 6.92 Å². The van der Waals surface area contributed by atoms with Crippen LogP contribution in [0.25, 0.3) is 0 Å². The van der Waals surface area contributed by atoms with Crippen LogP contribution in [0.3, 0.4) is 0 Å². The van der Waals surface area contributed by atoms with Crippen LogP contribution in [0, 0.1) is 12.7 Å². The van der Waals surface area contributed by atoms with Crippen LogP contribution in [0.5, 0.6) is 0 Å². The van der Waals surface area contributed by atoms with Crippen LogP contribution in [0.15, 0.2) is 30.3 Å².